The molecule has 108 valence electrons. The second kappa shape index (κ2) is 5.26. The third kappa shape index (κ3) is 2.40. The number of hydrogen-bond donors (Lipinski definition) is 1. The lowest BCUT2D eigenvalue weighted by molar-refractivity contribution is 0.475. The first kappa shape index (κ1) is 13.7. The van der Waals surface area contributed by atoms with Crippen LogP contribution >= 0.6 is 0 Å². The molecule has 0 fully saturated rings. The average molecular weight is 287 g/mol. The molecular formula is C16H15F2N3. The molecule has 3 rings (SSSR count). The van der Waals surface area contributed by atoms with Gasteiger partial charge in [0.1, 0.15) is 5.82 Å². The van der Waals surface area contributed by atoms with E-state index in [4.69, 9.17) is 5.73 Å². The van der Waals surface area contributed by atoms with E-state index in [2.05, 4.69) is 4.98 Å². The summed E-state index contributed by atoms with van der Waals surface area (Å²) in [5.41, 5.74) is 8.03. The molecule has 3 nitrogen and oxygen atoms in total. The fourth-order valence-corrected chi connectivity index (χ4v) is 2.53. The van der Waals surface area contributed by atoms with Gasteiger partial charge in [0, 0.05) is 12.1 Å². The van der Waals surface area contributed by atoms with Crippen LogP contribution in [0.5, 0.6) is 0 Å². The van der Waals surface area contributed by atoms with E-state index in [0.29, 0.717) is 6.54 Å². The molecule has 0 saturated carbocycles. The summed E-state index contributed by atoms with van der Waals surface area (Å²) in [6.45, 7) is 2.21. The summed E-state index contributed by atoms with van der Waals surface area (Å²) in [6, 6.07) is 11.1. The van der Waals surface area contributed by atoms with Gasteiger partial charge in [0.05, 0.1) is 17.1 Å². The number of aromatic nitrogens is 2. The normalized spacial score (nSPS) is 12.8. The molecule has 0 saturated heterocycles. The van der Waals surface area contributed by atoms with Gasteiger partial charge in [-0.05, 0) is 25.1 Å². The van der Waals surface area contributed by atoms with Crippen LogP contribution in [-0.4, -0.2) is 9.55 Å². The summed E-state index contributed by atoms with van der Waals surface area (Å²) >= 11 is 0. The maximum atomic E-state index is 13.8. The molecule has 5 heteroatoms. The van der Waals surface area contributed by atoms with E-state index in [1.54, 1.807) is 0 Å². The number of imidazole rings is 1. The quantitative estimate of drug-likeness (QED) is 0.803. The first-order chi connectivity index (χ1) is 10.1. The number of halogens is 2. The summed E-state index contributed by atoms with van der Waals surface area (Å²) in [5.74, 6) is -0.967. The van der Waals surface area contributed by atoms with Crippen molar-refractivity contribution in [1.29, 1.82) is 0 Å². The highest BCUT2D eigenvalue weighted by Crippen LogP contribution is 2.22. The van der Waals surface area contributed by atoms with Gasteiger partial charge in [0.15, 0.2) is 11.6 Å². The molecule has 1 unspecified atom stereocenters. The number of hydrogen-bond acceptors (Lipinski definition) is 2. The molecule has 3 aromatic rings. The summed E-state index contributed by atoms with van der Waals surface area (Å²) in [5, 5.41) is 0. The number of rotatable bonds is 3. The Balaban J connectivity index is 1.98. The van der Waals surface area contributed by atoms with Crippen LogP contribution in [0.3, 0.4) is 0 Å². The number of nitrogens with two attached hydrogens (primary N) is 1. The van der Waals surface area contributed by atoms with Crippen LogP contribution in [0, 0.1) is 18.6 Å². The van der Waals surface area contributed by atoms with E-state index >= 15 is 0 Å². The zero-order valence-electron chi connectivity index (χ0n) is 11.6. The fraction of sp³-hybridized carbons (Fsp3) is 0.188. The topological polar surface area (TPSA) is 43.8 Å². The molecular weight excluding hydrogens is 272 g/mol. The van der Waals surface area contributed by atoms with Crippen molar-refractivity contribution in [3.8, 4) is 0 Å². The molecule has 0 bridgehead atoms. The highest BCUT2D eigenvalue weighted by atomic mass is 19.2. The molecule has 1 atom stereocenters. The predicted octanol–water partition coefficient (Wildman–Crippen LogP) is 3.32. The van der Waals surface area contributed by atoms with E-state index < -0.39 is 17.7 Å². The van der Waals surface area contributed by atoms with Crippen LogP contribution in [-0.2, 0) is 6.54 Å². The lowest BCUT2D eigenvalue weighted by atomic mass is 10.1. The number of para-hydroxylation sites is 2. The van der Waals surface area contributed by atoms with E-state index in [-0.39, 0.29) is 5.56 Å². The van der Waals surface area contributed by atoms with Crippen LogP contribution in [0.4, 0.5) is 8.78 Å². The van der Waals surface area contributed by atoms with Crippen LogP contribution in [0.2, 0.25) is 0 Å². The molecule has 0 aliphatic heterocycles. The molecule has 2 aromatic carbocycles. The smallest absolute Gasteiger partial charge is 0.163 e. The molecule has 0 spiro atoms. The second-order valence-electron chi connectivity index (χ2n) is 5.01. The van der Waals surface area contributed by atoms with Crippen molar-refractivity contribution in [3.63, 3.8) is 0 Å². The van der Waals surface area contributed by atoms with E-state index in [9.17, 15) is 8.78 Å². The number of nitrogens with zero attached hydrogens (tertiary/aromatic N) is 2. The van der Waals surface area contributed by atoms with Crippen LogP contribution in [0.1, 0.15) is 17.4 Å². The summed E-state index contributed by atoms with van der Waals surface area (Å²) in [6.07, 6.45) is 0. The second-order valence-corrected chi connectivity index (χ2v) is 5.01. The summed E-state index contributed by atoms with van der Waals surface area (Å²) in [7, 11) is 0. The van der Waals surface area contributed by atoms with Crippen molar-refractivity contribution in [2.75, 3.05) is 0 Å². The van der Waals surface area contributed by atoms with Gasteiger partial charge in [0.2, 0.25) is 0 Å². The Bertz CT molecular complexity index is 795. The van der Waals surface area contributed by atoms with E-state index in [1.165, 1.54) is 12.1 Å². The van der Waals surface area contributed by atoms with Gasteiger partial charge in [-0.1, -0.05) is 24.3 Å². The van der Waals surface area contributed by atoms with Crippen molar-refractivity contribution in [3.05, 3.63) is 65.5 Å². The average Bonchev–Trinajstić information content (AvgIpc) is 2.78. The Labute approximate surface area is 121 Å². The Morgan fingerprint density at radius 3 is 2.71 bits per heavy atom. The molecule has 1 aromatic heterocycles. The molecule has 1 heterocycles. The number of benzene rings is 2. The molecule has 0 amide bonds. The lowest BCUT2D eigenvalue weighted by Gasteiger charge is -2.16. The standard InChI is InChI=1S/C16H15F2N3/c1-10-20-14-7-2-3-8-15(14)21(10)9-13(19)11-5-4-6-12(17)16(11)18/h2-8,13H,9,19H2,1H3. The third-order valence-electron chi connectivity index (χ3n) is 3.61. The van der Waals surface area contributed by atoms with Crippen molar-refractivity contribution in [2.45, 2.75) is 19.5 Å². The zero-order valence-corrected chi connectivity index (χ0v) is 11.6. The first-order valence-electron chi connectivity index (χ1n) is 6.69. The van der Waals surface area contributed by atoms with Gasteiger partial charge in [0.25, 0.3) is 0 Å². The van der Waals surface area contributed by atoms with Crippen LogP contribution < -0.4 is 5.73 Å². The summed E-state index contributed by atoms with van der Waals surface area (Å²) < 4.78 is 29.0. The van der Waals surface area contributed by atoms with Gasteiger partial charge in [-0.3, -0.25) is 0 Å². The minimum atomic E-state index is -0.882. The number of fused-ring (bicyclic) bond motifs is 1. The van der Waals surface area contributed by atoms with Crippen molar-refractivity contribution in [1.82, 2.24) is 9.55 Å². The van der Waals surface area contributed by atoms with Crippen molar-refractivity contribution < 1.29 is 8.78 Å². The first-order valence-corrected chi connectivity index (χ1v) is 6.69. The maximum Gasteiger partial charge on any atom is 0.163 e. The maximum absolute atomic E-state index is 13.8. The molecule has 0 radical (unpaired) electrons. The van der Waals surface area contributed by atoms with Gasteiger partial charge in [-0.2, -0.15) is 0 Å². The molecule has 0 aliphatic carbocycles. The Morgan fingerprint density at radius 2 is 1.90 bits per heavy atom. The van der Waals surface area contributed by atoms with Gasteiger partial charge in [-0.15, -0.1) is 0 Å². The van der Waals surface area contributed by atoms with Crippen LogP contribution in [0.25, 0.3) is 11.0 Å². The molecule has 21 heavy (non-hydrogen) atoms. The highest BCUT2D eigenvalue weighted by Gasteiger charge is 2.17. The monoisotopic (exact) mass is 287 g/mol. The Kier molecular flexibility index (Phi) is 3.43. The van der Waals surface area contributed by atoms with Gasteiger partial charge < -0.3 is 10.3 Å². The Morgan fingerprint density at radius 1 is 1.14 bits per heavy atom. The van der Waals surface area contributed by atoms with Gasteiger partial charge >= 0.3 is 0 Å². The predicted molar refractivity (Wildman–Crippen MR) is 77.8 cm³/mol. The Hall–Kier alpha value is -2.27. The van der Waals surface area contributed by atoms with Gasteiger partial charge in [-0.25, -0.2) is 13.8 Å². The van der Waals surface area contributed by atoms with Crippen molar-refractivity contribution in [2.24, 2.45) is 5.73 Å². The molecule has 0 aliphatic rings. The minimum absolute atomic E-state index is 0.173. The zero-order chi connectivity index (χ0) is 15.0. The molecule has 2 N–H and O–H groups in total. The fourth-order valence-electron chi connectivity index (χ4n) is 2.53. The largest absolute Gasteiger partial charge is 0.326 e. The number of aryl methyl sites for hydroxylation is 1. The minimum Gasteiger partial charge on any atom is -0.326 e. The summed E-state index contributed by atoms with van der Waals surface area (Å²) in [4.78, 5) is 4.44. The SMILES string of the molecule is Cc1nc2ccccc2n1CC(N)c1cccc(F)c1F. The highest BCUT2D eigenvalue weighted by molar-refractivity contribution is 5.75. The van der Waals surface area contributed by atoms with Crippen LogP contribution in [0.15, 0.2) is 42.5 Å². The lowest BCUT2D eigenvalue weighted by Crippen LogP contribution is -2.20. The van der Waals surface area contributed by atoms with Crippen molar-refractivity contribution >= 4 is 11.0 Å². The van der Waals surface area contributed by atoms with E-state index in [1.807, 2.05) is 35.8 Å². The van der Waals surface area contributed by atoms with E-state index in [0.717, 1.165) is 22.9 Å². The third-order valence-corrected chi connectivity index (χ3v) is 3.61.